The molecule has 0 aliphatic carbocycles. The highest BCUT2D eigenvalue weighted by Crippen LogP contribution is 2.31. The summed E-state index contributed by atoms with van der Waals surface area (Å²) in [7, 11) is 0. The van der Waals surface area contributed by atoms with Crippen LogP contribution in [-0.2, 0) is 4.79 Å². The maximum Gasteiger partial charge on any atom is 0.387 e. The molecular formula is C32H32F2N8O3. The molecule has 232 valence electrons. The molecule has 4 heterocycles. The van der Waals surface area contributed by atoms with Crippen molar-refractivity contribution in [2.24, 2.45) is 5.41 Å². The second-order valence-electron chi connectivity index (χ2n) is 11.2. The van der Waals surface area contributed by atoms with Gasteiger partial charge in [0.1, 0.15) is 11.2 Å². The van der Waals surface area contributed by atoms with E-state index < -0.39 is 12.0 Å². The van der Waals surface area contributed by atoms with E-state index in [-0.39, 0.29) is 17.6 Å². The zero-order valence-electron chi connectivity index (χ0n) is 24.7. The van der Waals surface area contributed by atoms with E-state index in [1.165, 1.54) is 12.1 Å². The summed E-state index contributed by atoms with van der Waals surface area (Å²) in [5.74, 6) is 0.342. The molecular weight excluding hydrogens is 582 g/mol. The van der Waals surface area contributed by atoms with Crippen LogP contribution in [0, 0.1) is 23.7 Å². The van der Waals surface area contributed by atoms with E-state index in [1.54, 1.807) is 46.6 Å². The summed E-state index contributed by atoms with van der Waals surface area (Å²) in [6, 6.07) is 14.1. The number of carbonyl (C=O) groups excluding carboxylic acids is 2. The number of anilines is 2. The summed E-state index contributed by atoms with van der Waals surface area (Å²) in [5.41, 5.74) is 3.17. The van der Waals surface area contributed by atoms with Gasteiger partial charge in [-0.25, -0.2) is 9.97 Å². The SMILES string of the molecule is Cc1cc(Nc2nccn3c(-c4ccc(OC(F)F)cc4)cnc23)ccc1C(=O)N1CCN(C(=O)C2(C#N)CCNCC2)CC1. The van der Waals surface area contributed by atoms with Gasteiger partial charge in [-0.15, -0.1) is 0 Å². The third kappa shape index (κ3) is 6.01. The molecule has 45 heavy (non-hydrogen) atoms. The van der Waals surface area contributed by atoms with Crippen molar-refractivity contribution in [3.8, 4) is 23.1 Å². The Morgan fingerprint density at radius 3 is 2.42 bits per heavy atom. The number of aryl methyl sites for hydroxylation is 1. The number of aromatic nitrogens is 3. The summed E-state index contributed by atoms with van der Waals surface area (Å²) in [6.07, 6.45) is 6.08. The fourth-order valence-electron chi connectivity index (χ4n) is 5.96. The van der Waals surface area contributed by atoms with Crippen molar-refractivity contribution in [1.29, 1.82) is 5.26 Å². The number of rotatable bonds is 7. The van der Waals surface area contributed by atoms with Gasteiger partial charge in [0, 0.05) is 55.4 Å². The molecule has 11 nitrogen and oxygen atoms in total. The fourth-order valence-corrected chi connectivity index (χ4v) is 5.96. The van der Waals surface area contributed by atoms with Gasteiger partial charge >= 0.3 is 6.61 Å². The molecule has 2 aliphatic rings. The fraction of sp³-hybridized carbons (Fsp3) is 0.344. The van der Waals surface area contributed by atoms with Crippen molar-refractivity contribution >= 4 is 29.0 Å². The molecule has 2 aliphatic heterocycles. The van der Waals surface area contributed by atoms with E-state index in [0.717, 1.165) is 22.5 Å². The minimum absolute atomic E-state index is 0.0717. The molecule has 2 fully saturated rings. The molecule has 2 amide bonds. The number of piperazine rings is 1. The standard InChI is InChI=1S/C32H32F2N8O3/c1-21-18-23(39-27-28-38-19-26(42(28)13-12-37-27)22-2-5-24(6-3-22)45-31(33)34)4-7-25(21)29(43)40-14-16-41(17-15-40)30(44)32(20-35)8-10-36-11-9-32/h2-7,12-13,18-19,31,36H,8-11,14-17H2,1H3,(H,37,39). The number of nitrogens with one attached hydrogen (secondary N) is 2. The molecule has 0 saturated carbocycles. The number of imidazole rings is 1. The van der Waals surface area contributed by atoms with Gasteiger partial charge in [-0.05, 0) is 80.9 Å². The molecule has 0 atom stereocenters. The number of nitrogens with zero attached hydrogens (tertiary/aromatic N) is 6. The lowest BCUT2D eigenvalue weighted by molar-refractivity contribution is -0.141. The number of piperidine rings is 1. The molecule has 0 bridgehead atoms. The van der Waals surface area contributed by atoms with Gasteiger partial charge < -0.3 is 25.2 Å². The maximum atomic E-state index is 13.4. The van der Waals surface area contributed by atoms with Gasteiger partial charge in [0.2, 0.25) is 5.91 Å². The number of fused-ring (bicyclic) bond motifs is 1. The van der Waals surface area contributed by atoms with Gasteiger partial charge in [0.15, 0.2) is 11.5 Å². The van der Waals surface area contributed by atoms with Crippen LogP contribution in [0.15, 0.2) is 61.1 Å². The predicted octanol–water partition coefficient (Wildman–Crippen LogP) is 4.23. The quantitative estimate of drug-likeness (QED) is 0.317. The van der Waals surface area contributed by atoms with Crippen molar-refractivity contribution in [2.45, 2.75) is 26.4 Å². The predicted molar refractivity (Wildman–Crippen MR) is 162 cm³/mol. The summed E-state index contributed by atoms with van der Waals surface area (Å²) in [6.45, 7) is 1.88. The van der Waals surface area contributed by atoms with Gasteiger partial charge in [-0.1, -0.05) is 0 Å². The largest absolute Gasteiger partial charge is 0.435 e. The summed E-state index contributed by atoms with van der Waals surface area (Å²) in [4.78, 5) is 39.1. The minimum Gasteiger partial charge on any atom is -0.435 e. The van der Waals surface area contributed by atoms with Crippen LogP contribution in [0.1, 0.15) is 28.8 Å². The molecule has 2 aromatic carbocycles. The average molecular weight is 615 g/mol. The third-order valence-electron chi connectivity index (χ3n) is 8.46. The molecule has 6 rings (SSSR count). The number of halogens is 2. The maximum absolute atomic E-state index is 13.4. The highest BCUT2D eigenvalue weighted by Gasteiger charge is 2.43. The number of nitriles is 1. The molecule has 2 N–H and O–H groups in total. The Bertz CT molecular complexity index is 1750. The van der Waals surface area contributed by atoms with Crippen LogP contribution < -0.4 is 15.4 Å². The van der Waals surface area contributed by atoms with Gasteiger partial charge in [-0.2, -0.15) is 14.0 Å². The monoisotopic (exact) mass is 614 g/mol. The van der Waals surface area contributed by atoms with E-state index in [1.807, 2.05) is 23.5 Å². The van der Waals surface area contributed by atoms with Crippen molar-refractivity contribution < 1.29 is 23.1 Å². The first-order valence-corrected chi connectivity index (χ1v) is 14.7. The van der Waals surface area contributed by atoms with Crippen LogP contribution in [0.4, 0.5) is 20.3 Å². The van der Waals surface area contributed by atoms with Crippen LogP contribution >= 0.6 is 0 Å². The average Bonchev–Trinajstić information content (AvgIpc) is 3.50. The normalized spacial score (nSPS) is 16.4. The number of hydrogen-bond acceptors (Lipinski definition) is 8. The number of ether oxygens (including phenoxy) is 1. The number of carbonyl (C=O) groups is 2. The molecule has 0 unspecified atom stereocenters. The number of amides is 2. The Labute approximate surface area is 258 Å². The topological polar surface area (TPSA) is 128 Å². The van der Waals surface area contributed by atoms with Crippen molar-refractivity contribution in [2.75, 3.05) is 44.6 Å². The molecule has 2 saturated heterocycles. The second kappa shape index (κ2) is 12.5. The lowest BCUT2D eigenvalue weighted by Gasteiger charge is -2.40. The van der Waals surface area contributed by atoms with Crippen LogP contribution in [0.3, 0.4) is 0 Å². The van der Waals surface area contributed by atoms with Gasteiger partial charge in [0.25, 0.3) is 5.91 Å². The first kappa shape index (κ1) is 30.0. The second-order valence-corrected chi connectivity index (χ2v) is 11.2. The van der Waals surface area contributed by atoms with Crippen molar-refractivity contribution in [1.82, 2.24) is 29.5 Å². The smallest absolute Gasteiger partial charge is 0.387 e. The Balaban J connectivity index is 1.12. The summed E-state index contributed by atoms with van der Waals surface area (Å²) < 4.78 is 31.3. The summed E-state index contributed by atoms with van der Waals surface area (Å²) >= 11 is 0. The van der Waals surface area contributed by atoms with Crippen LogP contribution in [0.25, 0.3) is 16.9 Å². The Morgan fingerprint density at radius 2 is 1.76 bits per heavy atom. The lowest BCUT2D eigenvalue weighted by atomic mass is 9.79. The van der Waals surface area contributed by atoms with Crippen LogP contribution in [-0.4, -0.2) is 81.9 Å². The molecule has 13 heteroatoms. The Morgan fingerprint density at radius 1 is 1.04 bits per heavy atom. The first-order chi connectivity index (χ1) is 21.8. The van der Waals surface area contributed by atoms with Gasteiger partial charge in [-0.3, -0.25) is 14.0 Å². The number of benzene rings is 2. The van der Waals surface area contributed by atoms with E-state index in [2.05, 4.69) is 31.4 Å². The minimum atomic E-state index is -2.89. The Hall–Kier alpha value is -5.09. The lowest BCUT2D eigenvalue weighted by Crippen LogP contribution is -2.55. The number of hydrogen-bond donors (Lipinski definition) is 2. The molecule has 0 radical (unpaired) electrons. The van der Waals surface area contributed by atoms with Gasteiger partial charge in [0.05, 0.1) is 18.0 Å². The van der Waals surface area contributed by atoms with E-state index in [4.69, 9.17) is 0 Å². The highest BCUT2D eigenvalue weighted by atomic mass is 19.3. The van der Waals surface area contributed by atoms with Crippen molar-refractivity contribution in [3.63, 3.8) is 0 Å². The first-order valence-electron chi connectivity index (χ1n) is 14.7. The van der Waals surface area contributed by atoms with E-state index in [0.29, 0.717) is 69.1 Å². The van der Waals surface area contributed by atoms with E-state index in [9.17, 15) is 23.6 Å². The summed E-state index contributed by atoms with van der Waals surface area (Å²) in [5, 5.41) is 16.3. The van der Waals surface area contributed by atoms with Crippen molar-refractivity contribution in [3.05, 3.63) is 72.2 Å². The molecule has 2 aromatic heterocycles. The number of alkyl halides is 2. The third-order valence-corrected chi connectivity index (χ3v) is 8.46. The zero-order valence-corrected chi connectivity index (χ0v) is 24.7. The Kier molecular flexibility index (Phi) is 8.32. The van der Waals surface area contributed by atoms with Crippen LogP contribution in [0.2, 0.25) is 0 Å². The van der Waals surface area contributed by atoms with E-state index >= 15 is 0 Å². The molecule has 0 spiro atoms. The highest BCUT2D eigenvalue weighted by molar-refractivity contribution is 5.96. The zero-order chi connectivity index (χ0) is 31.6. The van der Waals surface area contributed by atoms with Crippen LogP contribution in [0.5, 0.6) is 5.75 Å². The molecule has 4 aromatic rings.